The van der Waals surface area contributed by atoms with Crippen LogP contribution in [0.1, 0.15) is 5.82 Å². The first-order valence-corrected chi connectivity index (χ1v) is 7.86. The molecule has 2 aromatic rings. The normalized spacial score (nSPS) is 11.3. The lowest BCUT2D eigenvalue weighted by Gasteiger charge is -2.10. The number of nitrogens with one attached hydrogen (secondary N) is 1. The second-order valence-electron chi connectivity index (χ2n) is 4.77. The highest BCUT2D eigenvalue weighted by atomic mass is 32.2. The molecule has 0 saturated carbocycles. The van der Waals surface area contributed by atoms with E-state index in [9.17, 15) is 18.0 Å². The highest BCUT2D eigenvalue weighted by Gasteiger charge is 2.37. The van der Waals surface area contributed by atoms with Crippen LogP contribution in [0.5, 0.6) is 11.5 Å². The van der Waals surface area contributed by atoms with Crippen molar-refractivity contribution in [3.63, 3.8) is 0 Å². The summed E-state index contributed by atoms with van der Waals surface area (Å²) >= 11 is 0.850. The van der Waals surface area contributed by atoms with Gasteiger partial charge in [0.25, 0.3) is 0 Å². The maximum absolute atomic E-state index is 12.6. The number of thioether (sulfide) groups is 1. The Bertz CT molecular complexity index is 764. The molecule has 0 spiro atoms. The van der Waals surface area contributed by atoms with Crippen LogP contribution in [0.15, 0.2) is 23.4 Å². The SMILES string of the molecule is COc1ccc(NC(=O)CSc2nnc(C(F)(F)F)n2C)cc1OC. The first kappa shape index (κ1) is 18.9. The van der Waals surface area contributed by atoms with Gasteiger partial charge in [0, 0.05) is 18.8 Å². The number of rotatable bonds is 6. The molecule has 0 aliphatic carbocycles. The van der Waals surface area contributed by atoms with Crippen molar-refractivity contribution in [2.24, 2.45) is 7.05 Å². The summed E-state index contributed by atoms with van der Waals surface area (Å²) in [6.07, 6.45) is -4.59. The van der Waals surface area contributed by atoms with E-state index in [1.165, 1.54) is 21.3 Å². The molecular formula is C14H15F3N4O3S. The standard InChI is InChI=1S/C14H15F3N4O3S/c1-21-12(14(15,16)17)19-20-13(21)25-7-11(22)18-8-4-5-9(23-2)10(6-8)24-3/h4-6H,7H2,1-3H3,(H,18,22). The Hall–Kier alpha value is -2.43. The van der Waals surface area contributed by atoms with Crippen LogP contribution in [0.25, 0.3) is 0 Å². The number of methoxy groups -OCH3 is 2. The van der Waals surface area contributed by atoms with Crippen LogP contribution in [0.3, 0.4) is 0 Å². The van der Waals surface area contributed by atoms with E-state index < -0.39 is 17.9 Å². The van der Waals surface area contributed by atoms with Gasteiger partial charge in [0.15, 0.2) is 16.7 Å². The zero-order valence-corrected chi connectivity index (χ0v) is 14.4. The number of halogens is 3. The molecule has 0 radical (unpaired) electrons. The number of aromatic nitrogens is 3. The van der Waals surface area contributed by atoms with Crippen molar-refractivity contribution in [3.05, 3.63) is 24.0 Å². The lowest BCUT2D eigenvalue weighted by Crippen LogP contribution is -2.15. The summed E-state index contributed by atoms with van der Waals surface area (Å²) in [4.78, 5) is 12.0. The third kappa shape index (κ3) is 4.56. The van der Waals surface area contributed by atoms with Crippen molar-refractivity contribution in [1.29, 1.82) is 0 Å². The molecule has 1 N–H and O–H groups in total. The molecule has 25 heavy (non-hydrogen) atoms. The van der Waals surface area contributed by atoms with Gasteiger partial charge in [-0.25, -0.2) is 0 Å². The zero-order chi connectivity index (χ0) is 18.6. The molecule has 7 nitrogen and oxygen atoms in total. The number of hydrogen-bond acceptors (Lipinski definition) is 6. The van der Waals surface area contributed by atoms with Gasteiger partial charge in [-0.05, 0) is 12.1 Å². The fourth-order valence-electron chi connectivity index (χ4n) is 1.93. The summed E-state index contributed by atoms with van der Waals surface area (Å²) in [6.45, 7) is 0. The van der Waals surface area contributed by atoms with Crippen LogP contribution in [0, 0.1) is 0 Å². The maximum atomic E-state index is 12.6. The topological polar surface area (TPSA) is 78.3 Å². The molecule has 2 rings (SSSR count). The van der Waals surface area contributed by atoms with Gasteiger partial charge in [-0.1, -0.05) is 11.8 Å². The Morgan fingerprint density at radius 3 is 2.48 bits per heavy atom. The molecular weight excluding hydrogens is 361 g/mol. The quantitative estimate of drug-likeness (QED) is 0.781. The van der Waals surface area contributed by atoms with Crippen molar-refractivity contribution >= 4 is 23.4 Å². The Kier molecular flexibility index (Phi) is 5.77. The monoisotopic (exact) mass is 376 g/mol. The van der Waals surface area contributed by atoms with Crippen LogP contribution in [-0.2, 0) is 18.0 Å². The Morgan fingerprint density at radius 1 is 1.24 bits per heavy atom. The van der Waals surface area contributed by atoms with Crippen LogP contribution >= 0.6 is 11.8 Å². The van der Waals surface area contributed by atoms with Crippen molar-refractivity contribution in [2.75, 3.05) is 25.3 Å². The fourth-order valence-corrected chi connectivity index (χ4v) is 2.64. The second-order valence-corrected chi connectivity index (χ2v) is 5.71. The average molecular weight is 376 g/mol. The molecule has 0 saturated heterocycles. The zero-order valence-electron chi connectivity index (χ0n) is 13.5. The van der Waals surface area contributed by atoms with E-state index in [-0.39, 0.29) is 10.9 Å². The van der Waals surface area contributed by atoms with Crippen molar-refractivity contribution in [3.8, 4) is 11.5 Å². The van der Waals surface area contributed by atoms with E-state index >= 15 is 0 Å². The first-order valence-electron chi connectivity index (χ1n) is 6.87. The van der Waals surface area contributed by atoms with Gasteiger partial charge < -0.3 is 19.4 Å². The summed E-state index contributed by atoms with van der Waals surface area (Å²) in [5.74, 6) is -0.702. The molecule has 11 heteroatoms. The van der Waals surface area contributed by atoms with Crippen molar-refractivity contribution in [1.82, 2.24) is 14.8 Å². The lowest BCUT2D eigenvalue weighted by molar-refractivity contribution is -0.147. The van der Waals surface area contributed by atoms with E-state index in [1.54, 1.807) is 18.2 Å². The molecule has 1 aromatic carbocycles. The summed E-state index contributed by atoms with van der Waals surface area (Å²) in [5.41, 5.74) is 0.470. The molecule has 0 aliphatic heterocycles. The van der Waals surface area contributed by atoms with E-state index in [4.69, 9.17) is 9.47 Å². The van der Waals surface area contributed by atoms with E-state index in [1.807, 2.05) is 0 Å². The first-order chi connectivity index (χ1) is 11.8. The molecule has 0 bridgehead atoms. The van der Waals surface area contributed by atoms with Gasteiger partial charge in [0.1, 0.15) is 0 Å². The summed E-state index contributed by atoms with van der Waals surface area (Å²) in [7, 11) is 4.14. The number of anilines is 1. The molecule has 0 unspecified atom stereocenters. The highest BCUT2D eigenvalue weighted by molar-refractivity contribution is 7.99. The summed E-state index contributed by atoms with van der Waals surface area (Å²) in [6, 6.07) is 4.82. The van der Waals surface area contributed by atoms with Gasteiger partial charge in [0.2, 0.25) is 11.7 Å². The van der Waals surface area contributed by atoms with E-state index in [0.29, 0.717) is 17.2 Å². The Labute approximate surface area is 145 Å². The summed E-state index contributed by atoms with van der Waals surface area (Å²) in [5, 5.41) is 9.16. The van der Waals surface area contributed by atoms with E-state index in [2.05, 4.69) is 15.5 Å². The molecule has 136 valence electrons. The van der Waals surface area contributed by atoms with Crippen LogP contribution in [-0.4, -0.2) is 40.6 Å². The number of ether oxygens (including phenoxy) is 2. The number of hydrogen-bond donors (Lipinski definition) is 1. The van der Waals surface area contributed by atoms with Crippen LogP contribution in [0.4, 0.5) is 18.9 Å². The van der Waals surface area contributed by atoms with Crippen LogP contribution in [0.2, 0.25) is 0 Å². The van der Waals surface area contributed by atoms with Gasteiger partial charge in [-0.15, -0.1) is 10.2 Å². The largest absolute Gasteiger partial charge is 0.493 e. The number of carbonyl (C=O) groups excluding carboxylic acids is 1. The molecule has 1 aromatic heterocycles. The highest BCUT2D eigenvalue weighted by Crippen LogP contribution is 2.31. The minimum atomic E-state index is -4.59. The average Bonchev–Trinajstić information content (AvgIpc) is 2.93. The third-order valence-electron chi connectivity index (χ3n) is 3.09. The van der Waals surface area contributed by atoms with E-state index in [0.717, 1.165) is 16.3 Å². The predicted molar refractivity (Wildman–Crippen MR) is 84.9 cm³/mol. The molecule has 0 fully saturated rings. The third-order valence-corrected chi connectivity index (χ3v) is 4.11. The minimum absolute atomic E-state index is 0.00483. The molecule has 0 aliphatic rings. The number of alkyl halides is 3. The predicted octanol–water partition coefficient (Wildman–Crippen LogP) is 2.58. The summed E-state index contributed by atoms with van der Waals surface area (Å²) < 4.78 is 49.0. The van der Waals surface area contributed by atoms with Crippen molar-refractivity contribution < 1.29 is 27.4 Å². The number of amides is 1. The van der Waals surface area contributed by atoms with Crippen LogP contribution < -0.4 is 14.8 Å². The Morgan fingerprint density at radius 2 is 1.92 bits per heavy atom. The lowest BCUT2D eigenvalue weighted by atomic mass is 10.2. The molecule has 0 atom stereocenters. The smallest absolute Gasteiger partial charge is 0.451 e. The minimum Gasteiger partial charge on any atom is -0.493 e. The van der Waals surface area contributed by atoms with Gasteiger partial charge in [-0.2, -0.15) is 13.2 Å². The number of nitrogens with zero attached hydrogens (tertiary/aromatic N) is 3. The number of benzene rings is 1. The number of carbonyl (C=O) groups is 1. The van der Waals surface area contributed by atoms with Crippen molar-refractivity contribution in [2.45, 2.75) is 11.3 Å². The molecule has 1 amide bonds. The maximum Gasteiger partial charge on any atom is 0.451 e. The van der Waals surface area contributed by atoms with Gasteiger partial charge in [0.05, 0.1) is 20.0 Å². The fraction of sp³-hybridized carbons (Fsp3) is 0.357. The van der Waals surface area contributed by atoms with Gasteiger partial charge in [-0.3, -0.25) is 4.79 Å². The van der Waals surface area contributed by atoms with Gasteiger partial charge >= 0.3 is 6.18 Å². The molecule has 1 heterocycles. The Balaban J connectivity index is 1.99. The second kappa shape index (κ2) is 7.64.